The number of benzene rings is 2. The van der Waals surface area contributed by atoms with Gasteiger partial charge in [-0.2, -0.15) is 0 Å². The Bertz CT molecular complexity index is 1210. The van der Waals surface area contributed by atoms with Gasteiger partial charge in [0.15, 0.2) is 0 Å². The molecule has 7 heteroatoms. The summed E-state index contributed by atoms with van der Waals surface area (Å²) in [6, 6.07) is 12.1. The van der Waals surface area contributed by atoms with E-state index >= 15 is 0 Å². The van der Waals surface area contributed by atoms with Gasteiger partial charge in [0, 0.05) is 29.5 Å². The minimum atomic E-state index is -0.746. The number of hydrogen-bond acceptors (Lipinski definition) is 4. The zero-order chi connectivity index (χ0) is 23.4. The Morgan fingerprint density at radius 2 is 1.82 bits per heavy atom. The highest BCUT2D eigenvalue weighted by atomic mass is 19.1. The molecule has 33 heavy (non-hydrogen) atoms. The number of hydrogen-bond donors (Lipinski definition) is 1. The highest BCUT2D eigenvalue weighted by Gasteiger charge is 2.18. The summed E-state index contributed by atoms with van der Waals surface area (Å²) in [6.45, 7) is 6.12. The summed E-state index contributed by atoms with van der Waals surface area (Å²) in [6.07, 6.45) is 3.59. The average molecular weight is 452 g/mol. The van der Waals surface area contributed by atoms with Crippen molar-refractivity contribution in [2.24, 2.45) is 11.1 Å². The maximum atomic E-state index is 14.7. The lowest BCUT2D eigenvalue weighted by Gasteiger charge is -2.21. The third-order valence-electron chi connectivity index (χ3n) is 5.98. The maximum Gasteiger partial charge on any atom is 0.255 e. The van der Waals surface area contributed by atoms with E-state index in [1.807, 2.05) is 32.0 Å². The Morgan fingerprint density at radius 3 is 2.52 bits per heavy atom. The SMILES string of the molecule is Cc1cccc(C)c1-n1cc(C(=NOCC2CCNCC2)c2ccc(F)cc2F)ccc1=O. The fourth-order valence-electron chi connectivity index (χ4n) is 4.18. The second-order valence-corrected chi connectivity index (χ2v) is 8.42. The number of para-hydroxylation sites is 1. The van der Waals surface area contributed by atoms with Crippen molar-refractivity contribution in [3.05, 3.63) is 99.0 Å². The van der Waals surface area contributed by atoms with E-state index in [-0.39, 0.29) is 16.8 Å². The molecular formula is C26H27F2N3O2. The van der Waals surface area contributed by atoms with Crippen molar-refractivity contribution in [2.45, 2.75) is 26.7 Å². The van der Waals surface area contributed by atoms with Crippen LogP contribution in [0.1, 0.15) is 35.1 Å². The van der Waals surface area contributed by atoms with Crippen LogP contribution in [0, 0.1) is 31.4 Å². The summed E-state index contributed by atoms with van der Waals surface area (Å²) < 4.78 is 29.9. The second-order valence-electron chi connectivity index (χ2n) is 8.42. The summed E-state index contributed by atoms with van der Waals surface area (Å²) in [7, 11) is 0. The Hall–Kier alpha value is -3.32. The van der Waals surface area contributed by atoms with E-state index in [1.54, 1.807) is 12.3 Å². The van der Waals surface area contributed by atoms with Crippen LogP contribution in [0.4, 0.5) is 8.78 Å². The molecule has 0 radical (unpaired) electrons. The van der Waals surface area contributed by atoms with Crippen molar-refractivity contribution in [1.82, 2.24) is 9.88 Å². The van der Waals surface area contributed by atoms with Crippen LogP contribution < -0.4 is 10.9 Å². The number of oxime groups is 1. The van der Waals surface area contributed by atoms with Gasteiger partial charge in [0.25, 0.3) is 5.56 Å². The first-order valence-electron chi connectivity index (χ1n) is 11.1. The van der Waals surface area contributed by atoms with Crippen LogP contribution in [0.2, 0.25) is 0 Å². The number of pyridine rings is 1. The van der Waals surface area contributed by atoms with E-state index in [2.05, 4.69) is 10.5 Å². The van der Waals surface area contributed by atoms with E-state index in [0.717, 1.165) is 48.8 Å². The Kier molecular flexibility index (Phi) is 6.99. The molecule has 2 aromatic carbocycles. The molecule has 0 spiro atoms. The van der Waals surface area contributed by atoms with Gasteiger partial charge >= 0.3 is 0 Å². The molecule has 1 aliphatic rings. The Balaban J connectivity index is 1.77. The molecule has 5 nitrogen and oxygen atoms in total. The highest BCUT2D eigenvalue weighted by Crippen LogP contribution is 2.21. The zero-order valence-corrected chi connectivity index (χ0v) is 18.8. The predicted molar refractivity (Wildman–Crippen MR) is 125 cm³/mol. The number of aromatic nitrogens is 1. The van der Waals surface area contributed by atoms with Gasteiger partial charge in [-0.15, -0.1) is 0 Å². The van der Waals surface area contributed by atoms with Crippen LogP contribution in [0.25, 0.3) is 5.69 Å². The third-order valence-corrected chi connectivity index (χ3v) is 5.98. The summed E-state index contributed by atoms with van der Waals surface area (Å²) >= 11 is 0. The van der Waals surface area contributed by atoms with Gasteiger partial charge in [-0.25, -0.2) is 8.78 Å². The molecule has 172 valence electrons. The molecule has 4 rings (SSSR count). The Morgan fingerprint density at radius 1 is 1.09 bits per heavy atom. The molecule has 0 atom stereocenters. The van der Waals surface area contributed by atoms with E-state index < -0.39 is 11.6 Å². The first-order valence-corrected chi connectivity index (χ1v) is 11.1. The standard InChI is InChI=1S/C26H27F2N3O2/c1-17-4-3-5-18(2)26(17)31-15-20(6-9-24(31)32)25(22-8-7-21(27)14-23(22)28)30-33-16-19-10-12-29-13-11-19/h3-9,14-15,19,29H,10-13,16H2,1-2H3. The molecule has 0 saturated carbocycles. The minimum Gasteiger partial charge on any atom is -0.395 e. The van der Waals surface area contributed by atoms with Crippen molar-refractivity contribution in [1.29, 1.82) is 0 Å². The van der Waals surface area contributed by atoms with Crippen LogP contribution in [-0.2, 0) is 4.84 Å². The molecule has 3 aromatic rings. The fraction of sp³-hybridized carbons (Fsp3) is 0.308. The van der Waals surface area contributed by atoms with Gasteiger partial charge in [-0.3, -0.25) is 9.36 Å². The Labute approximate surface area is 191 Å². The topological polar surface area (TPSA) is 55.6 Å². The van der Waals surface area contributed by atoms with Crippen LogP contribution in [0.3, 0.4) is 0 Å². The van der Waals surface area contributed by atoms with Crippen LogP contribution >= 0.6 is 0 Å². The summed E-state index contributed by atoms with van der Waals surface area (Å²) in [5, 5.41) is 7.58. The molecule has 1 saturated heterocycles. The van der Waals surface area contributed by atoms with Crippen LogP contribution in [0.15, 0.2) is 64.7 Å². The van der Waals surface area contributed by atoms with Crippen molar-refractivity contribution in [3.8, 4) is 5.69 Å². The van der Waals surface area contributed by atoms with Gasteiger partial charge < -0.3 is 10.2 Å². The van der Waals surface area contributed by atoms with Gasteiger partial charge in [-0.1, -0.05) is 23.4 Å². The normalized spacial score (nSPS) is 15.0. The number of piperidine rings is 1. The molecule has 1 fully saturated rings. The summed E-state index contributed by atoms with van der Waals surface area (Å²) in [5.74, 6) is -1.06. The first kappa shape index (κ1) is 22.9. The smallest absolute Gasteiger partial charge is 0.255 e. The van der Waals surface area contributed by atoms with Gasteiger partial charge in [0.1, 0.15) is 24.0 Å². The molecule has 1 aliphatic heterocycles. The summed E-state index contributed by atoms with van der Waals surface area (Å²) in [4.78, 5) is 18.4. The fourth-order valence-corrected chi connectivity index (χ4v) is 4.18. The third kappa shape index (κ3) is 5.20. The molecular weight excluding hydrogens is 424 g/mol. The van der Waals surface area contributed by atoms with Gasteiger partial charge in [0.05, 0.1) is 5.69 Å². The van der Waals surface area contributed by atoms with Crippen LogP contribution in [-0.4, -0.2) is 30.0 Å². The molecule has 1 N–H and O–H groups in total. The lowest BCUT2D eigenvalue weighted by atomic mass is 10.00. The lowest BCUT2D eigenvalue weighted by Crippen LogP contribution is -2.29. The number of halogens is 2. The van der Waals surface area contributed by atoms with Crippen molar-refractivity contribution in [2.75, 3.05) is 19.7 Å². The first-order chi connectivity index (χ1) is 15.9. The quantitative estimate of drug-likeness (QED) is 0.444. The molecule has 0 aliphatic carbocycles. The molecule has 0 amide bonds. The lowest BCUT2D eigenvalue weighted by molar-refractivity contribution is 0.0946. The molecule has 1 aromatic heterocycles. The molecule has 0 unspecified atom stereocenters. The number of rotatable bonds is 6. The molecule has 0 bridgehead atoms. The monoisotopic (exact) mass is 451 g/mol. The van der Waals surface area contributed by atoms with E-state index in [9.17, 15) is 13.6 Å². The average Bonchev–Trinajstić information content (AvgIpc) is 2.79. The van der Waals surface area contributed by atoms with Crippen molar-refractivity contribution < 1.29 is 13.6 Å². The summed E-state index contributed by atoms with van der Waals surface area (Å²) in [5.41, 5.74) is 3.22. The van der Waals surface area contributed by atoms with Crippen molar-refractivity contribution in [3.63, 3.8) is 0 Å². The minimum absolute atomic E-state index is 0.105. The van der Waals surface area contributed by atoms with Gasteiger partial charge in [-0.05, 0) is 75.0 Å². The largest absolute Gasteiger partial charge is 0.395 e. The molecule has 2 heterocycles. The zero-order valence-electron chi connectivity index (χ0n) is 18.8. The predicted octanol–water partition coefficient (Wildman–Crippen LogP) is 4.50. The number of nitrogens with zero attached hydrogens (tertiary/aromatic N) is 2. The second kappa shape index (κ2) is 10.1. The maximum absolute atomic E-state index is 14.7. The van der Waals surface area contributed by atoms with Crippen LogP contribution in [0.5, 0.6) is 0 Å². The highest BCUT2D eigenvalue weighted by molar-refractivity contribution is 6.12. The number of nitrogens with one attached hydrogen (secondary N) is 1. The van der Waals surface area contributed by atoms with E-state index in [1.165, 1.54) is 22.8 Å². The van der Waals surface area contributed by atoms with E-state index in [4.69, 9.17) is 4.84 Å². The van der Waals surface area contributed by atoms with Crippen molar-refractivity contribution >= 4 is 5.71 Å². The number of aryl methyl sites for hydroxylation is 2. The van der Waals surface area contributed by atoms with E-state index in [0.29, 0.717) is 18.1 Å². The van der Waals surface area contributed by atoms with Gasteiger partial charge in [0.2, 0.25) is 0 Å².